The minimum Gasteiger partial charge on any atom is -0.367 e. The number of nitro benzene ring substituents is 1. The first kappa shape index (κ1) is 23.1. The van der Waals surface area contributed by atoms with Crippen LogP contribution in [0.3, 0.4) is 0 Å². The number of nitrogens with zero attached hydrogens (tertiary/aromatic N) is 5. The van der Waals surface area contributed by atoms with E-state index in [1.807, 2.05) is 73.1 Å². The number of non-ortho nitro benzene ring substituents is 1. The van der Waals surface area contributed by atoms with E-state index in [2.05, 4.69) is 10.1 Å². The summed E-state index contributed by atoms with van der Waals surface area (Å²) in [5, 5.41) is 15.5. The Kier molecular flexibility index (Phi) is 6.14. The number of imidazole rings is 1. The van der Waals surface area contributed by atoms with Crippen molar-refractivity contribution in [2.45, 2.75) is 20.0 Å². The van der Waals surface area contributed by atoms with Crippen LogP contribution in [-0.4, -0.2) is 31.7 Å². The van der Waals surface area contributed by atoms with Crippen LogP contribution in [0.25, 0.3) is 28.2 Å². The van der Waals surface area contributed by atoms with Gasteiger partial charge in [0.05, 0.1) is 21.9 Å². The van der Waals surface area contributed by atoms with E-state index in [9.17, 15) is 10.1 Å². The van der Waals surface area contributed by atoms with Gasteiger partial charge >= 0.3 is 0 Å². The van der Waals surface area contributed by atoms with E-state index in [-0.39, 0.29) is 5.69 Å². The van der Waals surface area contributed by atoms with Crippen molar-refractivity contribution in [2.75, 3.05) is 7.11 Å². The second kappa shape index (κ2) is 9.55. The topological polar surface area (TPSA) is 109 Å². The highest BCUT2D eigenvalue weighted by Gasteiger charge is 2.27. The lowest BCUT2D eigenvalue weighted by atomic mass is 10.0. The number of ether oxygens (including phenoxy) is 1. The van der Waals surface area contributed by atoms with Crippen LogP contribution in [0.2, 0.25) is 0 Å². The third-order valence-corrected chi connectivity index (χ3v) is 5.89. The second-order valence-electron chi connectivity index (χ2n) is 8.28. The van der Waals surface area contributed by atoms with Gasteiger partial charge in [-0.05, 0) is 38.1 Å². The van der Waals surface area contributed by atoms with Gasteiger partial charge in [-0.2, -0.15) is 0 Å². The van der Waals surface area contributed by atoms with Gasteiger partial charge in [-0.1, -0.05) is 41.6 Å². The maximum Gasteiger partial charge on any atom is 0.269 e. The number of nitro groups is 1. The monoisotopic (exact) mass is 481 g/mol. The molecule has 0 radical (unpaired) electrons. The van der Waals surface area contributed by atoms with Crippen molar-refractivity contribution in [3.63, 3.8) is 0 Å². The Bertz CT molecular complexity index is 1520. The van der Waals surface area contributed by atoms with Gasteiger partial charge in [0.25, 0.3) is 5.69 Å². The van der Waals surface area contributed by atoms with Crippen molar-refractivity contribution < 1.29 is 14.2 Å². The molecule has 36 heavy (non-hydrogen) atoms. The number of rotatable bonds is 7. The van der Waals surface area contributed by atoms with E-state index >= 15 is 0 Å². The van der Waals surface area contributed by atoms with Crippen LogP contribution in [0.15, 0.2) is 83.5 Å². The van der Waals surface area contributed by atoms with Gasteiger partial charge in [0.2, 0.25) is 0 Å². The molecule has 2 aromatic carbocycles. The fourth-order valence-corrected chi connectivity index (χ4v) is 4.18. The molecular formula is C27H23N5O4. The summed E-state index contributed by atoms with van der Waals surface area (Å²) >= 11 is 0. The minimum absolute atomic E-state index is 0.00511. The molecule has 5 rings (SSSR count). The van der Waals surface area contributed by atoms with E-state index in [1.165, 1.54) is 12.1 Å². The molecule has 0 saturated heterocycles. The van der Waals surface area contributed by atoms with Crippen LogP contribution in [-0.2, 0) is 4.74 Å². The molecule has 1 atom stereocenters. The van der Waals surface area contributed by atoms with Gasteiger partial charge in [0, 0.05) is 42.4 Å². The molecule has 0 fully saturated rings. The average Bonchev–Trinajstić information content (AvgIpc) is 3.49. The fraction of sp³-hybridized carbons (Fsp3) is 0.148. The highest BCUT2D eigenvalue weighted by Crippen LogP contribution is 2.36. The maximum atomic E-state index is 11.2. The third kappa shape index (κ3) is 4.27. The first-order valence-electron chi connectivity index (χ1n) is 11.3. The Hall–Kier alpha value is -4.63. The van der Waals surface area contributed by atoms with Gasteiger partial charge in [0.15, 0.2) is 6.10 Å². The Morgan fingerprint density at radius 3 is 2.39 bits per heavy atom. The molecule has 0 amide bonds. The lowest BCUT2D eigenvalue weighted by Crippen LogP contribution is -2.12. The molecule has 0 N–H and O–H groups in total. The van der Waals surface area contributed by atoms with Gasteiger partial charge in [-0.15, -0.1) is 0 Å². The summed E-state index contributed by atoms with van der Waals surface area (Å²) in [7, 11) is 1.60. The molecule has 0 spiro atoms. The number of hydrogen-bond donors (Lipinski definition) is 0. The molecule has 0 aliphatic heterocycles. The van der Waals surface area contributed by atoms with Gasteiger partial charge in [0.1, 0.15) is 17.3 Å². The lowest BCUT2D eigenvalue weighted by molar-refractivity contribution is -0.384. The summed E-state index contributed by atoms with van der Waals surface area (Å²) in [6.07, 6.45) is 1.28. The van der Waals surface area contributed by atoms with Crippen molar-refractivity contribution in [3.05, 3.63) is 112 Å². The van der Waals surface area contributed by atoms with Crippen LogP contribution in [0.1, 0.15) is 29.1 Å². The SMILES string of the molecule is COC(c1cccc(C)n1)c1nc(-c2c(-c3ccccc3)noc2C)cn1-c1ccc([N+](=O)[O-])cc1. The molecule has 180 valence electrons. The molecule has 0 bridgehead atoms. The quantitative estimate of drug-likeness (QED) is 0.212. The lowest BCUT2D eigenvalue weighted by Gasteiger charge is -2.17. The highest BCUT2D eigenvalue weighted by molar-refractivity contribution is 5.80. The Morgan fingerprint density at radius 2 is 1.72 bits per heavy atom. The molecule has 0 aliphatic rings. The number of hydrogen-bond acceptors (Lipinski definition) is 7. The Balaban J connectivity index is 1.71. The van der Waals surface area contributed by atoms with Gasteiger partial charge in [-0.3, -0.25) is 15.1 Å². The van der Waals surface area contributed by atoms with Crippen molar-refractivity contribution in [1.29, 1.82) is 0 Å². The molecular weight excluding hydrogens is 458 g/mol. The number of aryl methyl sites for hydroxylation is 2. The minimum atomic E-state index is -0.589. The van der Waals surface area contributed by atoms with E-state index in [1.54, 1.807) is 19.2 Å². The Labute approximate surface area is 207 Å². The van der Waals surface area contributed by atoms with Crippen molar-refractivity contribution >= 4 is 5.69 Å². The zero-order valence-electron chi connectivity index (χ0n) is 20.0. The number of aromatic nitrogens is 4. The predicted octanol–water partition coefficient (Wildman–Crippen LogP) is 5.85. The number of benzene rings is 2. The molecule has 1 unspecified atom stereocenters. The van der Waals surface area contributed by atoms with Crippen LogP contribution >= 0.6 is 0 Å². The number of pyridine rings is 1. The first-order valence-corrected chi connectivity index (χ1v) is 11.3. The predicted molar refractivity (Wildman–Crippen MR) is 134 cm³/mol. The summed E-state index contributed by atoms with van der Waals surface area (Å²) in [6.45, 7) is 3.76. The highest BCUT2D eigenvalue weighted by atomic mass is 16.6. The van der Waals surface area contributed by atoms with Gasteiger partial charge in [-0.25, -0.2) is 4.98 Å². The van der Waals surface area contributed by atoms with Crippen LogP contribution < -0.4 is 0 Å². The molecule has 9 heteroatoms. The average molecular weight is 482 g/mol. The molecule has 3 heterocycles. The zero-order chi connectivity index (χ0) is 25.2. The number of methoxy groups -OCH3 is 1. The fourth-order valence-electron chi connectivity index (χ4n) is 4.18. The van der Waals surface area contributed by atoms with Gasteiger partial charge < -0.3 is 13.8 Å². The van der Waals surface area contributed by atoms with Crippen LogP contribution in [0.5, 0.6) is 0 Å². The third-order valence-electron chi connectivity index (χ3n) is 5.89. The molecule has 3 aromatic heterocycles. The van der Waals surface area contributed by atoms with E-state index < -0.39 is 11.0 Å². The summed E-state index contributed by atoms with van der Waals surface area (Å²) in [5.41, 5.74) is 5.22. The zero-order valence-corrected chi connectivity index (χ0v) is 20.0. The normalized spacial score (nSPS) is 12.0. The van der Waals surface area contributed by atoms with Crippen LogP contribution in [0, 0.1) is 24.0 Å². The Morgan fingerprint density at radius 1 is 0.972 bits per heavy atom. The summed E-state index contributed by atoms with van der Waals surface area (Å²) in [5.74, 6) is 1.19. The van der Waals surface area contributed by atoms with E-state index in [0.717, 1.165) is 16.8 Å². The molecule has 5 aromatic rings. The molecule has 0 saturated carbocycles. The van der Waals surface area contributed by atoms with E-state index in [4.69, 9.17) is 14.2 Å². The molecule has 0 aliphatic carbocycles. The van der Waals surface area contributed by atoms with E-state index in [0.29, 0.717) is 34.4 Å². The molecule has 9 nitrogen and oxygen atoms in total. The largest absolute Gasteiger partial charge is 0.367 e. The van der Waals surface area contributed by atoms with Crippen molar-refractivity contribution in [1.82, 2.24) is 19.7 Å². The van der Waals surface area contributed by atoms with Crippen LogP contribution in [0.4, 0.5) is 5.69 Å². The first-order chi connectivity index (χ1) is 17.5. The van der Waals surface area contributed by atoms with Crippen molar-refractivity contribution in [3.8, 4) is 28.2 Å². The summed E-state index contributed by atoms with van der Waals surface area (Å²) < 4.78 is 13.3. The summed E-state index contributed by atoms with van der Waals surface area (Å²) in [4.78, 5) is 20.4. The summed E-state index contributed by atoms with van der Waals surface area (Å²) in [6, 6.07) is 21.8. The second-order valence-corrected chi connectivity index (χ2v) is 8.28. The standard InChI is InChI=1S/C27H23N5O4/c1-17-8-7-11-22(28-17)26(35-3)27-29-23(16-31(27)20-12-14-21(15-13-20)32(33)34)24-18(2)36-30-25(24)19-9-5-4-6-10-19/h4-16,26H,1-3H3. The van der Waals surface area contributed by atoms with Crippen molar-refractivity contribution in [2.24, 2.45) is 0 Å². The smallest absolute Gasteiger partial charge is 0.269 e. The maximum absolute atomic E-state index is 11.2.